The molecule has 0 bridgehead atoms. The van der Waals surface area contributed by atoms with E-state index in [9.17, 15) is 13.6 Å². The van der Waals surface area contributed by atoms with Crippen molar-refractivity contribution in [2.75, 3.05) is 11.1 Å². The summed E-state index contributed by atoms with van der Waals surface area (Å²) in [5.74, 6) is -1.99. The molecule has 3 N–H and O–H groups in total. The van der Waals surface area contributed by atoms with Crippen LogP contribution in [0.2, 0.25) is 0 Å². The normalized spacial score (nSPS) is 10.1. The molecule has 1 amide bonds. The van der Waals surface area contributed by atoms with Gasteiger partial charge in [-0.1, -0.05) is 0 Å². The fourth-order valence-corrected chi connectivity index (χ4v) is 1.34. The van der Waals surface area contributed by atoms with E-state index in [1.807, 2.05) is 0 Å². The molecule has 1 aromatic heterocycles. The van der Waals surface area contributed by atoms with Gasteiger partial charge in [0, 0.05) is 11.8 Å². The molecule has 6 heteroatoms. The summed E-state index contributed by atoms with van der Waals surface area (Å²) in [6.07, 6.45) is 2.31. The Morgan fingerprint density at radius 2 is 2.00 bits per heavy atom. The van der Waals surface area contributed by atoms with Crippen LogP contribution in [0.3, 0.4) is 0 Å². The van der Waals surface area contributed by atoms with Crippen LogP contribution in [0, 0.1) is 11.6 Å². The van der Waals surface area contributed by atoms with Crippen LogP contribution < -0.4 is 11.1 Å². The predicted octanol–water partition coefficient (Wildman–Crippen LogP) is 2.19. The Morgan fingerprint density at radius 3 is 2.67 bits per heavy atom. The molecular formula is C12H9F2N3O. The first-order valence-corrected chi connectivity index (χ1v) is 5.04. The van der Waals surface area contributed by atoms with Crippen LogP contribution in [-0.2, 0) is 0 Å². The van der Waals surface area contributed by atoms with E-state index in [2.05, 4.69) is 10.3 Å². The Morgan fingerprint density at radius 1 is 1.22 bits per heavy atom. The summed E-state index contributed by atoms with van der Waals surface area (Å²) in [6.45, 7) is 0. The number of nitrogens with two attached hydrogens (primary N) is 1. The Bertz CT molecular complexity index is 602. The fourth-order valence-electron chi connectivity index (χ4n) is 1.34. The van der Waals surface area contributed by atoms with E-state index in [0.717, 1.165) is 12.3 Å². The van der Waals surface area contributed by atoms with E-state index in [4.69, 9.17) is 5.73 Å². The quantitative estimate of drug-likeness (QED) is 0.801. The number of anilines is 2. The second-order valence-corrected chi connectivity index (χ2v) is 3.55. The van der Waals surface area contributed by atoms with Crippen LogP contribution in [0.1, 0.15) is 10.4 Å². The number of carbonyl (C=O) groups is 1. The van der Waals surface area contributed by atoms with Gasteiger partial charge < -0.3 is 11.1 Å². The number of amides is 1. The summed E-state index contributed by atoms with van der Waals surface area (Å²) < 4.78 is 26.4. The minimum atomic E-state index is -0.696. The largest absolute Gasteiger partial charge is 0.396 e. The zero-order valence-electron chi connectivity index (χ0n) is 9.15. The number of pyridine rings is 1. The standard InChI is InChI=1S/C12H9F2N3O/c13-8-5-7(1-2-10(8)15)12(18)17-11-3-4-16-6-9(11)14/h1-6H,15H2,(H,16,17,18). The molecule has 0 radical (unpaired) electrons. The van der Waals surface area contributed by atoms with Crippen LogP contribution in [0.15, 0.2) is 36.7 Å². The number of rotatable bonds is 2. The molecule has 0 spiro atoms. The third kappa shape index (κ3) is 2.42. The molecule has 0 atom stereocenters. The highest BCUT2D eigenvalue weighted by Crippen LogP contribution is 2.15. The highest BCUT2D eigenvalue weighted by molar-refractivity contribution is 6.04. The van der Waals surface area contributed by atoms with E-state index in [1.165, 1.54) is 24.4 Å². The molecule has 2 rings (SSSR count). The molecule has 0 unspecified atom stereocenters. The summed E-state index contributed by atoms with van der Waals surface area (Å²) in [7, 11) is 0. The van der Waals surface area contributed by atoms with Crippen molar-refractivity contribution in [1.82, 2.24) is 4.98 Å². The molecule has 0 saturated heterocycles. The summed E-state index contributed by atoms with van der Waals surface area (Å²) in [4.78, 5) is 15.3. The second kappa shape index (κ2) is 4.79. The van der Waals surface area contributed by atoms with Crippen molar-refractivity contribution in [2.24, 2.45) is 0 Å². The first-order chi connectivity index (χ1) is 8.58. The average molecular weight is 249 g/mol. The van der Waals surface area contributed by atoms with Gasteiger partial charge in [0.2, 0.25) is 0 Å². The third-order valence-electron chi connectivity index (χ3n) is 2.28. The molecule has 0 saturated carbocycles. The highest BCUT2D eigenvalue weighted by atomic mass is 19.1. The minimum absolute atomic E-state index is 0.0211. The minimum Gasteiger partial charge on any atom is -0.396 e. The zero-order valence-corrected chi connectivity index (χ0v) is 9.15. The number of nitrogen functional groups attached to an aromatic ring is 1. The molecule has 18 heavy (non-hydrogen) atoms. The van der Waals surface area contributed by atoms with Crippen LogP contribution in [0.25, 0.3) is 0 Å². The SMILES string of the molecule is Nc1ccc(C(=O)Nc2ccncc2F)cc1F. The number of nitrogens with zero attached hydrogens (tertiary/aromatic N) is 1. The highest BCUT2D eigenvalue weighted by Gasteiger charge is 2.10. The summed E-state index contributed by atoms with van der Waals surface area (Å²) in [5, 5.41) is 2.31. The molecule has 1 heterocycles. The van der Waals surface area contributed by atoms with Gasteiger partial charge in [-0.2, -0.15) is 0 Å². The van der Waals surface area contributed by atoms with E-state index in [0.29, 0.717) is 0 Å². The lowest BCUT2D eigenvalue weighted by molar-refractivity contribution is 0.102. The number of benzene rings is 1. The van der Waals surface area contributed by atoms with Gasteiger partial charge in [-0.3, -0.25) is 9.78 Å². The van der Waals surface area contributed by atoms with Crippen molar-refractivity contribution in [3.63, 3.8) is 0 Å². The number of hydrogen-bond donors (Lipinski definition) is 2. The monoisotopic (exact) mass is 249 g/mol. The number of halogens is 2. The number of carbonyl (C=O) groups excluding carboxylic acids is 1. The second-order valence-electron chi connectivity index (χ2n) is 3.55. The van der Waals surface area contributed by atoms with Crippen LogP contribution in [0.5, 0.6) is 0 Å². The number of hydrogen-bond acceptors (Lipinski definition) is 3. The predicted molar refractivity (Wildman–Crippen MR) is 63.0 cm³/mol. The fraction of sp³-hybridized carbons (Fsp3) is 0. The first kappa shape index (κ1) is 12.0. The van der Waals surface area contributed by atoms with Gasteiger partial charge in [-0.05, 0) is 24.3 Å². The van der Waals surface area contributed by atoms with E-state index >= 15 is 0 Å². The molecule has 0 fully saturated rings. The number of nitrogens with one attached hydrogen (secondary N) is 1. The molecule has 92 valence electrons. The van der Waals surface area contributed by atoms with E-state index in [1.54, 1.807) is 0 Å². The molecular weight excluding hydrogens is 240 g/mol. The van der Waals surface area contributed by atoms with Gasteiger partial charge in [0.15, 0.2) is 5.82 Å². The van der Waals surface area contributed by atoms with Crippen LogP contribution in [-0.4, -0.2) is 10.9 Å². The molecule has 4 nitrogen and oxygen atoms in total. The molecule has 2 aromatic rings. The summed E-state index contributed by atoms with van der Waals surface area (Å²) in [5.41, 5.74) is 5.27. The van der Waals surface area contributed by atoms with Crippen molar-refractivity contribution in [3.8, 4) is 0 Å². The molecule has 0 aliphatic carbocycles. The van der Waals surface area contributed by atoms with Gasteiger partial charge in [0.05, 0.1) is 17.6 Å². The van der Waals surface area contributed by atoms with Crippen molar-refractivity contribution in [1.29, 1.82) is 0 Å². The van der Waals surface area contributed by atoms with Gasteiger partial charge >= 0.3 is 0 Å². The molecule has 0 aliphatic rings. The molecule has 0 aliphatic heterocycles. The Hall–Kier alpha value is -2.50. The van der Waals surface area contributed by atoms with E-state index in [-0.39, 0.29) is 16.9 Å². The summed E-state index contributed by atoms with van der Waals surface area (Å²) in [6, 6.07) is 4.92. The lowest BCUT2D eigenvalue weighted by atomic mass is 10.2. The Kier molecular flexibility index (Phi) is 3.18. The van der Waals surface area contributed by atoms with Gasteiger partial charge in [-0.25, -0.2) is 8.78 Å². The lowest BCUT2D eigenvalue weighted by Crippen LogP contribution is -2.13. The number of aromatic nitrogens is 1. The molecule has 1 aromatic carbocycles. The van der Waals surface area contributed by atoms with E-state index < -0.39 is 17.5 Å². The third-order valence-corrected chi connectivity index (χ3v) is 2.28. The van der Waals surface area contributed by atoms with Gasteiger partial charge in [0.1, 0.15) is 5.82 Å². The lowest BCUT2D eigenvalue weighted by Gasteiger charge is -2.06. The first-order valence-electron chi connectivity index (χ1n) is 5.04. The summed E-state index contributed by atoms with van der Waals surface area (Å²) >= 11 is 0. The Labute approximate surface area is 101 Å². The van der Waals surface area contributed by atoms with Crippen LogP contribution in [0.4, 0.5) is 20.2 Å². The van der Waals surface area contributed by atoms with Gasteiger partial charge in [-0.15, -0.1) is 0 Å². The maximum atomic E-state index is 13.2. The topological polar surface area (TPSA) is 68.0 Å². The van der Waals surface area contributed by atoms with Gasteiger partial charge in [0.25, 0.3) is 5.91 Å². The average Bonchev–Trinajstić information content (AvgIpc) is 2.35. The maximum Gasteiger partial charge on any atom is 0.255 e. The van der Waals surface area contributed by atoms with Crippen molar-refractivity contribution < 1.29 is 13.6 Å². The van der Waals surface area contributed by atoms with Crippen molar-refractivity contribution in [2.45, 2.75) is 0 Å². The Balaban J connectivity index is 2.22. The van der Waals surface area contributed by atoms with Crippen molar-refractivity contribution in [3.05, 3.63) is 53.9 Å². The van der Waals surface area contributed by atoms with Crippen molar-refractivity contribution >= 4 is 17.3 Å². The zero-order chi connectivity index (χ0) is 13.1. The van der Waals surface area contributed by atoms with Crippen LogP contribution >= 0.6 is 0 Å². The smallest absolute Gasteiger partial charge is 0.255 e. The maximum absolute atomic E-state index is 13.2.